The van der Waals surface area contributed by atoms with Gasteiger partial charge >= 0.3 is 0 Å². The second kappa shape index (κ2) is 8.50. The first-order valence-corrected chi connectivity index (χ1v) is 4.48. The molecule has 3 heteroatoms. The quantitative estimate of drug-likeness (QED) is 0.417. The van der Waals surface area contributed by atoms with E-state index in [1.807, 2.05) is 37.3 Å². The molecule has 0 aliphatic heterocycles. The van der Waals surface area contributed by atoms with Crippen LogP contribution >= 0.6 is 23.8 Å². The van der Waals surface area contributed by atoms with Gasteiger partial charge in [0.1, 0.15) is 0 Å². The van der Waals surface area contributed by atoms with Crippen molar-refractivity contribution in [1.82, 2.24) is 5.32 Å². The molecule has 0 aliphatic carbocycles. The van der Waals surface area contributed by atoms with Crippen molar-refractivity contribution in [3.63, 3.8) is 0 Å². The fourth-order valence-corrected chi connectivity index (χ4v) is 0.854. The summed E-state index contributed by atoms with van der Waals surface area (Å²) in [4.78, 5) is 0. The van der Waals surface area contributed by atoms with Crippen molar-refractivity contribution in [3.8, 4) is 0 Å². The second-order valence-corrected chi connectivity index (χ2v) is 2.68. The molecule has 0 saturated heterocycles. The maximum Gasteiger partial charge on any atom is 0.0617 e. The molecule has 0 unspecified atom stereocenters. The summed E-state index contributed by atoms with van der Waals surface area (Å²) in [5, 5.41) is 3.59. The third-order valence-corrected chi connectivity index (χ3v) is 1.46. The van der Waals surface area contributed by atoms with E-state index in [1.54, 1.807) is 0 Å². The largest absolute Gasteiger partial charge is 0.379 e. The van der Waals surface area contributed by atoms with Crippen LogP contribution in [0.25, 0.3) is 0 Å². The Balaban J connectivity index is 3.70. The average molecular weight is 202 g/mol. The van der Waals surface area contributed by atoms with E-state index in [0.29, 0.717) is 0 Å². The highest BCUT2D eigenvalue weighted by Crippen LogP contribution is 2.02. The molecular weight excluding hydrogens is 190 g/mol. The zero-order valence-electron chi connectivity index (χ0n) is 6.96. The van der Waals surface area contributed by atoms with Gasteiger partial charge in [0.2, 0.25) is 0 Å². The smallest absolute Gasteiger partial charge is 0.0617 e. The van der Waals surface area contributed by atoms with Gasteiger partial charge in [0, 0.05) is 11.6 Å². The summed E-state index contributed by atoms with van der Waals surface area (Å²) in [6.07, 6.45) is 9.37. The average Bonchev–Trinajstić information content (AvgIpc) is 2.05. The van der Waals surface area contributed by atoms with E-state index in [-0.39, 0.29) is 0 Å². The highest BCUT2D eigenvalue weighted by Gasteiger charge is 1.77. The molecule has 0 rings (SSSR count). The number of hydrogen-bond donors (Lipinski definition) is 1. The molecule has 0 aromatic rings. The number of thiocarbonyl (C=S) groups is 1. The van der Waals surface area contributed by atoms with E-state index in [2.05, 4.69) is 17.5 Å². The van der Waals surface area contributed by atoms with Gasteiger partial charge in [-0.15, -0.1) is 0 Å². The predicted molar refractivity (Wildman–Crippen MR) is 59.5 cm³/mol. The fraction of sp³-hybridized carbons (Fsp3) is 0.222. The van der Waals surface area contributed by atoms with Crippen molar-refractivity contribution in [3.05, 3.63) is 35.4 Å². The predicted octanol–water partition coefficient (Wildman–Crippen LogP) is 2.79. The first-order chi connectivity index (χ1) is 5.81. The van der Waals surface area contributed by atoms with Crippen LogP contribution < -0.4 is 5.32 Å². The van der Waals surface area contributed by atoms with Crippen LogP contribution in [0.4, 0.5) is 0 Å². The van der Waals surface area contributed by atoms with Gasteiger partial charge in [0.05, 0.1) is 5.49 Å². The van der Waals surface area contributed by atoms with Gasteiger partial charge in [-0.25, -0.2) is 0 Å². The molecular formula is C9H12ClNS. The molecule has 12 heavy (non-hydrogen) atoms. The minimum atomic E-state index is 0.719. The summed E-state index contributed by atoms with van der Waals surface area (Å²) < 4.78 is 0. The highest BCUT2D eigenvalue weighted by molar-refractivity contribution is 7.78. The van der Waals surface area contributed by atoms with Crippen molar-refractivity contribution >= 4 is 29.3 Å². The van der Waals surface area contributed by atoms with Gasteiger partial charge in [-0.05, 0) is 19.1 Å². The van der Waals surface area contributed by atoms with Crippen LogP contribution in [-0.4, -0.2) is 12.0 Å². The molecule has 0 atom stereocenters. The van der Waals surface area contributed by atoms with Gasteiger partial charge < -0.3 is 5.32 Å². The molecule has 0 aliphatic rings. The third kappa shape index (κ3) is 7.51. The number of allylic oxidation sites excluding steroid dienone is 5. The summed E-state index contributed by atoms with van der Waals surface area (Å²) in [7, 11) is 0. The van der Waals surface area contributed by atoms with E-state index in [9.17, 15) is 0 Å². The van der Waals surface area contributed by atoms with Crippen molar-refractivity contribution in [1.29, 1.82) is 0 Å². The Labute approximate surface area is 83.8 Å². The monoisotopic (exact) mass is 201 g/mol. The summed E-state index contributed by atoms with van der Waals surface area (Å²) in [5.74, 6) is 0. The molecule has 0 radical (unpaired) electrons. The molecule has 0 saturated carbocycles. The number of rotatable bonds is 5. The standard InChI is InChI=1S/C9H12ClNS/c1-2-5-9(10)6-3-4-7-11-8-12/h2-6,8H,7H2,1H3,(H,11,12)/b4-3+,5-2-,9-6+. The summed E-state index contributed by atoms with van der Waals surface area (Å²) in [5.41, 5.74) is 1.49. The van der Waals surface area contributed by atoms with Crippen LogP contribution in [0.5, 0.6) is 0 Å². The fourth-order valence-electron chi connectivity index (χ4n) is 0.559. The van der Waals surface area contributed by atoms with Crippen LogP contribution in [0.1, 0.15) is 6.92 Å². The van der Waals surface area contributed by atoms with E-state index in [1.165, 1.54) is 5.49 Å². The third-order valence-electron chi connectivity index (χ3n) is 1.04. The van der Waals surface area contributed by atoms with Gasteiger partial charge in [-0.3, -0.25) is 0 Å². The topological polar surface area (TPSA) is 12.0 Å². The van der Waals surface area contributed by atoms with E-state index in [0.717, 1.165) is 11.6 Å². The lowest BCUT2D eigenvalue weighted by atomic mass is 10.4. The molecule has 0 aromatic carbocycles. The summed E-state index contributed by atoms with van der Waals surface area (Å²) in [6.45, 7) is 2.66. The Bertz CT molecular complexity index is 207. The molecule has 1 N–H and O–H groups in total. The number of nitrogens with one attached hydrogen (secondary N) is 1. The molecule has 0 spiro atoms. The van der Waals surface area contributed by atoms with Gasteiger partial charge in [-0.1, -0.05) is 42.0 Å². The van der Waals surface area contributed by atoms with Crippen LogP contribution in [0.15, 0.2) is 35.4 Å². The summed E-state index contributed by atoms with van der Waals surface area (Å²) in [6, 6.07) is 0. The van der Waals surface area contributed by atoms with E-state index >= 15 is 0 Å². The van der Waals surface area contributed by atoms with Crippen molar-refractivity contribution in [2.75, 3.05) is 6.54 Å². The summed E-state index contributed by atoms with van der Waals surface area (Å²) >= 11 is 10.3. The maximum atomic E-state index is 5.77. The Morgan fingerprint density at radius 1 is 1.58 bits per heavy atom. The lowest BCUT2D eigenvalue weighted by molar-refractivity contribution is 1.09. The zero-order chi connectivity index (χ0) is 9.23. The van der Waals surface area contributed by atoms with E-state index in [4.69, 9.17) is 11.6 Å². The molecule has 1 nitrogen and oxygen atoms in total. The Morgan fingerprint density at radius 2 is 2.33 bits per heavy atom. The zero-order valence-corrected chi connectivity index (χ0v) is 8.53. The maximum absolute atomic E-state index is 5.77. The molecule has 0 aromatic heterocycles. The van der Waals surface area contributed by atoms with Crippen LogP contribution in [0.3, 0.4) is 0 Å². The van der Waals surface area contributed by atoms with Crippen molar-refractivity contribution in [2.24, 2.45) is 0 Å². The molecule has 0 amide bonds. The second-order valence-electron chi connectivity index (χ2n) is 2.01. The lowest BCUT2D eigenvalue weighted by Crippen LogP contribution is -2.07. The number of hydrogen-bond acceptors (Lipinski definition) is 1. The minimum absolute atomic E-state index is 0.719. The van der Waals surface area contributed by atoms with Gasteiger partial charge in [0.25, 0.3) is 0 Å². The van der Waals surface area contributed by atoms with Gasteiger partial charge in [-0.2, -0.15) is 0 Å². The van der Waals surface area contributed by atoms with Crippen LogP contribution in [0, 0.1) is 0 Å². The Morgan fingerprint density at radius 3 is 2.92 bits per heavy atom. The molecule has 0 heterocycles. The van der Waals surface area contributed by atoms with Crippen molar-refractivity contribution < 1.29 is 0 Å². The van der Waals surface area contributed by atoms with Crippen LogP contribution in [0.2, 0.25) is 0 Å². The first kappa shape index (κ1) is 11.4. The van der Waals surface area contributed by atoms with Crippen molar-refractivity contribution in [2.45, 2.75) is 6.92 Å². The SMILES string of the molecule is C\C=C/C(Cl)=C\C=C\CNC=S. The molecule has 0 bridgehead atoms. The van der Waals surface area contributed by atoms with Gasteiger partial charge in [0.15, 0.2) is 0 Å². The highest BCUT2D eigenvalue weighted by atomic mass is 35.5. The molecule has 66 valence electrons. The first-order valence-electron chi connectivity index (χ1n) is 3.63. The normalized spacial score (nSPS) is 12.7. The van der Waals surface area contributed by atoms with Crippen LogP contribution in [-0.2, 0) is 0 Å². The van der Waals surface area contributed by atoms with E-state index < -0.39 is 0 Å². The number of halogens is 1. The Hall–Kier alpha value is -0.600. The Kier molecular flexibility index (Phi) is 8.07. The lowest BCUT2D eigenvalue weighted by Gasteiger charge is -1.88. The minimum Gasteiger partial charge on any atom is -0.379 e. The molecule has 0 fully saturated rings.